The van der Waals surface area contributed by atoms with Gasteiger partial charge in [0.2, 0.25) is 0 Å². The van der Waals surface area contributed by atoms with Crippen molar-refractivity contribution in [2.45, 2.75) is 38.5 Å². The van der Waals surface area contributed by atoms with Crippen LogP contribution >= 0.6 is 0 Å². The summed E-state index contributed by atoms with van der Waals surface area (Å²) in [4.78, 5) is 24.6. The molecular formula is C9H17N5O4. The average Bonchev–Trinajstić information content (AvgIpc) is 2.27. The van der Waals surface area contributed by atoms with Crippen molar-refractivity contribution in [1.82, 2.24) is 5.32 Å². The molecule has 0 saturated heterocycles. The SMILES string of the molecule is CC(N=[N+]=[N-])OC(=O)NC(CCCCN)C(=O)O. The molecule has 4 N–H and O–H groups in total. The van der Waals surface area contributed by atoms with Crippen molar-refractivity contribution in [1.29, 1.82) is 0 Å². The Bertz CT molecular complexity index is 329. The number of carboxylic acids is 1. The number of nitrogens with one attached hydrogen (secondary N) is 1. The van der Waals surface area contributed by atoms with Crippen LogP contribution in [0.5, 0.6) is 0 Å². The largest absolute Gasteiger partial charge is 0.480 e. The van der Waals surface area contributed by atoms with Crippen LogP contribution in [0.1, 0.15) is 26.2 Å². The van der Waals surface area contributed by atoms with Gasteiger partial charge in [-0.15, -0.1) is 0 Å². The molecule has 0 fully saturated rings. The highest BCUT2D eigenvalue weighted by Gasteiger charge is 2.20. The van der Waals surface area contributed by atoms with E-state index in [1.165, 1.54) is 6.92 Å². The zero-order valence-electron chi connectivity index (χ0n) is 10.1. The van der Waals surface area contributed by atoms with E-state index in [4.69, 9.17) is 16.4 Å². The van der Waals surface area contributed by atoms with Crippen molar-refractivity contribution in [3.63, 3.8) is 0 Å². The van der Waals surface area contributed by atoms with E-state index in [9.17, 15) is 9.59 Å². The predicted molar refractivity (Wildman–Crippen MR) is 62.6 cm³/mol. The van der Waals surface area contributed by atoms with Gasteiger partial charge in [-0.2, -0.15) is 0 Å². The Labute approximate surface area is 104 Å². The first kappa shape index (κ1) is 16.0. The van der Waals surface area contributed by atoms with Crippen LogP contribution in [0.3, 0.4) is 0 Å². The number of hydrogen-bond donors (Lipinski definition) is 3. The molecule has 18 heavy (non-hydrogen) atoms. The molecule has 0 aliphatic rings. The number of aliphatic carboxylic acids is 1. The summed E-state index contributed by atoms with van der Waals surface area (Å²) in [6.45, 7) is 1.83. The fraction of sp³-hybridized carbons (Fsp3) is 0.778. The third-order valence-corrected chi connectivity index (χ3v) is 2.03. The number of carboxylic acid groups (broad SMARTS) is 1. The van der Waals surface area contributed by atoms with Crippen LogP contribution in [-0.2, 0) is 9.53 Å². The number of carbonyl (C=O) groups is 2. The van der Waals surface area contributed by atoms with E-state index in [2.05, 4.69) is 20.1 Å². The van der Waals surface area contributed by atoms with Crippen molar-refractivity contribution < 1.29 is 19.4 Å². The van der Waals surface area contributed by atoms with Gasteiger partial charge in [0.25, 0.3) is 0 Å². The minimum absolute atomic E-state index is 0.261. The highest BCUT2D eigenvalue weighted by Crippen LogP contribution is 2.02. The number of azide groups is 1. The number of alkyl carbamates (subject to hydrolysis) is 1. The van der Waals surface area contributed by atoms with Crippen molar-refractivity contribution in [2.75, 3.05) is 6.54 Å². The number of nitrogens with zero attached hydrogens (tertiary/aromatic N) is 3. The van der Waals surface area contributed by atoms with E-state index in [1.807, 2.05) is 0 Å². The Morgan fingerprint density at radius 1 is 1.56 bits per heavy atom. The molecule has 0 aromatic carbocycles. The van der Waals surface area contributed by atoms with Crippen molar-refractivity contribution >= 4 is 12.1 Å². The predicted octanol–water partition coefficient (Wildman–Crippen LogP) is 0.951. The van der Waals surface area contributed by atoms with Gasteiger partial charge in [-0.25, -0.2) is 9.59 Å². The van der Waals surface area contributed by atoms with E-state index in [1.54, 1.807) is 0 Å². The van der Waals surface area contributed by atoms with E-state index < -0.39 is 24.3 Å². The van der Waals surface area contributed by atoms with Crippen molar-refractivity contribution in [3.8, 4) is 0 Å². The Hall–Kier alpha value is -1.99. The number of ether oxygens (including phenoxy) is 1. The van der Waals surface area contributed by atoms with Gasteiger partial charge in [0, 0.05) is 4.91 Å². The van der Waals surface area contributed by atoms with Crippen LogP contribution < -0.4 is 11.1 Å². The molecule has 0 aliphatic heterocycles. The molecule has 0 radical (unpaired) electrons. The molecule has 0 aliphatic carbocycles. The standard InChI is InChI=1S/C9H17N5O4/c1-6(13-14-11)18-9(17)12-7(8(15)16)4-2-3-5-10/h6-7H,2-5,10H2,1H3,(H,12,17)(H,15,16). The molecule has 0 aromatic heterocycles. The van der Waals surface area contributed by atoms with Crippen LogP contribution in [0.4, 0.5) is 4.79 Å². The molecule has 0 bridgehead atoms. The molecule has 0 rings (SSSR count). The number of amides is 1. The minimum atomic E-state index is -1.15. The summed E-state index contributed by atoms with van der Waals surface area (Å²) in [6.07, 6.45) is -0.407. The van der Waals surface area contributed by atoms with Crippen LogP contribution in [0.25, 0.3) is 10.4 Å². The molecule has 9 nitrogen and oxygen atoms in total. The molecule has 2 unspecified atom stereocenters. The van der Waals surface area contributed by atoms with Gasteiger partial charge < -0.3 is 20.9 Å². The molecule has 9 heteroatoms. The van der Waals surface area contributed by atoms with Crippen molar-refractivity contribution in [3.05, 3.63) is 10.4 Å². The van der Waals surface area contributed by atoms with E-state index >= 15 is 0 Å². The topological polar surface area (TPSA) is 150 Å². The molecule has 0 saturated carbocycles. The molecule has 0 heterocycles. The lowest BCUT2D eigenvalue weighted by molar-refractivity contribution is -0.139. The molecule has 0 spiro atoms. The first-order valence-electron chi connectivity index (χ1n) is 5.45. The highest BCUT2D eigenvalue weighted by molar-refractivity contribution is 5.79. The number of unbranched alkanes of at least 4 members (excludes halogenated alkanes) is 1. The summed E-state index contributed by atoms with van der Waals surface area (Å²) in [7, 11) is 0. The molecule has 2 atom stereocenters. The second kappa shape index (κ2) is 9.08. The third-order valence-electron chi connectivity index (χ3n) is 2.03. The fourth-order valence-corrected chi connectivity index (χ4v) is 1.18. The molecule has 102 valence electrons. The van der Waals surface area contributed by atoms with Gasteiger partial charge >= 0.3 is 12.1 Å². The van der Waals surface area contributed by atoms with Crippen molar-refractivity contribution in [2.24, 2.45) is 10.8 Å². The summed E-state index contributed by atoms with van der Waals surface area (Å²) >= 11 is 0. The zero-order chi connectivity index (χ0) is 14.0. The number of hydrogen-bond acceptors (Lipinski definition) is 5. The van der Waals surface area contributed by atoms with Gasteiger partial charge in [0.05, 0.1) is 0 Å². The Kier molecular flexibility index (Phi) is 8.08. The summed E-state index contributed by atoms with van der Waals surface area (Å²) in [5.41, 5.74) is 13.4. The lowest BCUT2D eigenvalue weighted by Gasteiger charge is -2.15. The summed E-state index contributed by atoms with van der Waals surface area (Å²) < 4.78 is 4.62. The number of carbonyl (C=O) groups excluding carboxylic acids is 1. The number of rotatable bonds is 8. The minimum Gasteiger partial charge on any atom is -0.480 e. The van der Waals surface area contributed by atoms with Crippen LogP contribution in [0.2, 0.25) is 0 Å². The van der Waals surface area contributed by atoms with Gasteiger partial charge in [-0.05, 0) is 43.4 Å². The lowest BCUT2D eigenvalue weighted by Crippen LogP contribution is -2.41. The van der Waals surface area contributed by atoms with E-state index in [0.29, 0.717) is 19.4 Å². The smallest absolute Gasteiger partial charge is 0.408 e. The highest BCUT2D eigenvalue weighted by atomic mass is 16.6. The average molecular weight is 259 g/mol. The van der Waals surface area contributed by atoms with Gasteiger partial charge in [0.1, 0.15) is 6.04 Å². The van der Waals surface area contributed by atoms with Crippen LogP contribution in [0.15, 0.2) is 5.11 Å². The molecule has 1 amide bonds. The first-order chi connectivity index (χ1) is 8.51. The maximum atomic E-state index is 11.3. The third kappa shape index (κ3) is 7.31. The normalized spacial score (nSPS) is 13.0. The van der Waals surface area contributed by atoms with Gasteiger partial charge in [0.15, 0.2) is 6.23 Å². The zero-order valence-corrected chi connectivity index (χ0v) is 10.1. The summed E-state index contributed by atoms with van der Waals surface area (Å²) in [5.74, 6) is -1.15. The second-order valence-electron chi connectivity index (χ2n) is 3.53. The Morgan fingerprint density at radius 3 is 2.72 bits per heavy atom. The van der Waals surface area contributed by atoms with E-state index in [0.717, 1.165) is 0 Å². The maximum absolute atomic E-state index is 11.3. The summed E-state index contributed by atoms with van der Waals surface area (Å²) in [6, 6.07) is -1.04. The monoisotopic (exact) mass is 259 g/mol. The molecule has 0 aromatic rings. The Morgan fingerprint density at radius 2 is 2.22 bits per heavy atom. The summed E-state index contributed by atoms with van der Waals surface area (Å²) in [5, 5.41) is 14.2. The quantitative estimate of drug-likeness (QED) is 0.256. The second-order valence-corrected chi connectivity index (χ2v) is 3.53. The maximum Gasteiger partial charge on any atom is 0.408 e. The first-order valence-corrected chi connectivity index (χ1v) is 5.45. The van der Waals surface area contributed by atoms with Crippen LogP contribution in [0, 0.1) is 0 Å². The lowest BCUT2D eigenvalue weighted by atomic mass is 10.1. The van der Waals surface area contributed by atoms with Crippen LogP contribution in [-0.4, -0.2) is 36.0 Å². The fourth-order valence-electron chi connectivity index (χ4n) is 1.18. The Balaban J connectivity index is 4.19. The van der Waals surface area contributed by atoms with Gasteiger partial charge in [-0.3, -0.25) is 0 Å². The van der Waals surface area contributed by atoms with Gasteiger partial charge in [-0.1, -0.05) is 0 Å². The van der Waals surface area contributed by atoms with E-state index in [-0.39, 0.29) is 6.42 Å². The molecular weight excluding hydrogens is 242 g/mol. The number of nitrogens with two attached hydrogens (primary N) is 1.